The van der Waals surface area contributed by atoms with E-state index in [2.05, 4.69) is 101 Å². The van der Waals surface area contributed by atoms with Gasteiger partial charge in [0.25, 0.3) is 0 Å². The molecular formula is C48H84O5Si2. The molecule has 0 aromatic carbocycles. The monoisotopic (exact) mass is 797 g/mol. The van der Waals surface area contributed by atoms with Crippen LogP contribution in [0.5, 0.6) is 0 Å². The summed E-state index contributed by atoms with van der Waals surface area (Å²) in [6, 6.07) is 0. The maximum Gasteiger partial charge on any atom is 0.302 e. The van der Waals surface area contributed by atoms with E-state index in [-0.39, 0.29) is 51.1 Å². The second-order valence-electron chi connectivity index (χ2n) is 21.9. The fraction of sp³-hybridized carbons (Fsp3) is 0.833. The van der Waals surface area contributed by atoms with Crippen LogP contribution in [0.15, 0.2) is 35.5 Å². The summed E-state index contributed by atoms with van der Waals surface area (Å²) in [5.74, 6) is 1.12. The molecule has 7 atom stereocenters. The molecule has 0 aromatic heterocycles. The zero-order valence-electron chi connectivity index (χ0n) is 38.2. The van der Waals surface area contributed by atoms with Gasteiger partial charge >= 0.3 is 5.97 Å². The number of carbonyl (C=O) groups excluding carboxylic acids is 2. The third-order valence-corrected chi connectivity index (χ3v) is 24.9. The molecule has 1 unspecified atom stereocenters. The SMILES string of the molecule is C=C1/C(=C\C=C2/CCC[C@]3(C)[C@@H]([C@H](C)C(CC(=O)C4(CCCCCCC)CC4)OC(C)=O)CC[C@@H]23)C[C@@H](O[Si](C)(C)C(C)(C)C)C[C@@H]1O[Si](C)(C)C(C)(C)C. The molecule has 7 heteroatoms. The molecule has 314 valence electrons. The Morgan fingerprint density at radius 3 is 2.11 bits per heavy atom. The van der Waals surface area contributed by atoms with E-state index in [1.807, 2.05) is 0 Å². The maximum absolute atomic E-state index is 13.9. The van der Waals surface area contributed by atoms with Crippen molar-refractivity contribution in [1.29, 1.82) is 0 Å². The zero-order valence-corrected chi connectivity index (χ0v) is 40.2. The fourth-order valence-electron chi connectivity index (χ4n) is 10.0. The molecule has 0 radical (unpaired) electrons. The van der Waals surface area contributed by atoms with Gasteiger partial charge < -0.3 is 13.6 Å². The van der Waals surface area contributed by atoms with Crippen molar-refractivity contribution in [1.82, 2.24) is 0 Å². The van der Waals surface area contributed by atoms with E-state index in [4.69, 9.17) is 20.2 Å². The van der Waals surface area contributed by atoms with Crippen molar-refractivity contribution in [2.45, 2.75) is 227 Å². The first-order valence-corrected chi connectivity index (χ1v) is 28.3. The van der Waals surface area contributed by atoms with Gasteiger partial charge in [0.1, 0.15) is 11.9 Å². The van der Waals surface area contributed by atoms with Crippen LogP contribution in [0.25, 0.3) is 0 Å². The minimum absolute atomic E-state index is 0.0286. The molecule has 0 bridgehead atoms. The van der Waals surface area contributed by atoms with Crippen molar-refractivity contribution in [2.75, 3.05) is 0 Å². The Balaban J connectivity index is 1.55. The Labute approximate surface area is 340 Å². The van der Waals surface area contributed by atoms with Gasteiger partial charge in [-0.05, 0) is 128 Å². The van der Waals surface area contributed by atoms with Crippen LogP contribution < -0.4 is 0 Å². The molecule has 4 fully saturated rings. The van der Waals surface area contributed by atoms with Gasteiger partial charge in [0.2, 0.25) is 0 Å². The molecule has 0 spiro atoms. The molecule has 4 rings (SSSR count). The summed E-state index contributed by atoms with van der Waals surface area (Å²) in [5, 5.41) is 0.255. The number of fused-ring (bicyclic) bond motifs is 1. The predicted molar refractivity (Wildman–Crippen MR) is 236 cm³/mol. The van der Waals surface area contributed by atoms with Crippen LogP contribution in [0.3, 0.4) is 0 Å². The quantitative estimate of drug-likeness (QED) is 0.0833. The lowest BCUT2D eigenvalue weighted by Gasteiger charge is -2.46. The first kappa shape index (κ1) is 46.4. The molecule has 0 heterocycles. The molecule has 0 N–H and O–H groups in total. The first-order valence-electron chi connectivity index (χ1n) is 22.5. The van der Waals surface area contributed by atoms with E-state index >= 15 is 0 Å². The van der Waals surface area contributed by atoms with Crippen molar-refractivity contribution in [3.8, 4) is 0 Å². The molecule has 0 saturated heterocycles. The van der Waals surface area contributed by atoms with Crippen LogP contribution >= 0.6 is 0 Å². The van der Waals surface area contributed by atoms with Gasteiger partial charge in [0.05, 0.1) is 12.2 Å². The number of hydrogen-bond donors (Lipinski definition) is 0. The second kappa shape index (κ2) is 17.9. The minimum Gasteiger partial charge on any atom is -0.462 e. The maximum atomic E-state index is 13.9. The van der Waals surface area contributed by atoms with Crippen LogP contribution in [0, 0.1) is 28.6 Å². The Morgan fingerprint density at radius 1 is 0.909 bits per heavy atom. The van der Waals surface area contributed by atoms with Gasteiger partial charge in [-0.2, -0.15) is 0 Å². The van der Waals surface area contributed by atoms with E-state index in [0.29, 0.717) is 24.0 Å². The molecule has 4 aliphatic rings. The largest absolute Gasteiger partial charge is 0.462 e. The van der Waals surface area contributed by atoms with Crippen LogP contribution in [-0.4, -0.2) is 46.7 Å². The highest BCUT2D eigenvalue weighted by Crippen LogP contribution is 2.60. The molecule has 5 nitrogen and oxygen atoms in total. The van der Waals surface area contributed by atoms with E-state index in [1.165, 1.54) is 51.0 Å². The van der Waals surface area contributed by atoms with Crippen molar-refractivity contribution in [3.63, 3.8) is 0 Å². The fourth-order valence-corrected chi connectivity index (χ4v) is 12.7. The first-order chi connectivity index (χ1) is 25.4. The van der Waals surface area contributed by atoms with Crippen molar-refractivity contribution >= 4 is 28.4 Å². The molecule has 0 aliphatic heterocycles. The van der Waals surface area contributed by atoms with Crippen molar-refractivity contribution in [3.05, 3.63) is 35.5 Å². The number of esters is 1. The highest BCUT2D eigenvalue weighted by atomic mass is 28.4. The van der Waals surface area contributed by atoms with Crippen molar-refractivity contribution in [2.24, 2.45) is 28.6 Å². The smallest absolute Gasteiger partial charge is 0.302 e. The van der Waals surface area contributed by atoms with E-state index in [1.54, 1.807) is 5.57 Å². The van der Waals surface area contributed by atoms with E-state index in [0.717, 1.165) is 63.4 Å². The third kappa shape index (κ3) is 11.1. The molecule has 55 heavy (non-hydrogen) atoms. The number of rotatable bonds is 17. The minimum atomic E-state index is -2.04. The van der Waals surface area contributed by atoms with Gasteiger partial charge in [-0.25, -0.2) is 0 Å². The summed E-state index contributed by atoms with van der Waals surface area (Å²) in [6.07, 6.45) is 21.6. The Kier molecular flexibility index (Phi) is 15.1. The molecular weight excluding hydrogens is 713 g/mol. The summed E-state index contributed by atoms with van der Waals surface area (Å²) >= 11 is 0. The lowest BCUT2D eigenvalue weighted by Crippen LogP contribution is -2.49. The van der Waals surface area contributed by atoms with Gasteiger partial charge in [0.15, 0.2) is 16.6 Å². The van der Waals surface area contributed by atoms with Crippen LogP contribution in [-0.2, 0) is 23.2 Å². The topological polar surface area (TPSA) is 61.8 Å². The number of ketones is 1. The number of Topliss-reactive ketones (excluding diaryl/α,β-unsaturated/α-hetero) is 1. The van der Waals surface area contributed by atoms with E-state index in [9.17, 15) is 9.59 Å². The number of hydrogen-bond acceptors (Lipinski definition) is 5. The average Bonchev–Trinajstić information content (AvgIpc) is 3.77. The molecule has 0 amide bonds. The normalized spacial score (nSPS) is 30.0. The number of unbranched alkanes of at least 4 members (excludes halogenated alkanes) is 4. The highest BCUT2D eigenvalue weighted by Gasteiger charge is 2.54. The summed E-state index contributed by atoms with van der Waals surface area (Å²) in [7, 11) is -4.03. The Morgan fingerprint density at radius 2 is 1.53 bits per heavy atom. The van der Waals surface area contributed by atoms with Gasteiger partial charge in [-0.1, -0.05) is 119 Å². The standard InChI is InChI=1S/C48H84O5Si2/c1-16-17-18-19-20-28-48(29-30-48)44(50)33-42(51-36(4)49)35(3)40-25-26-41-37(22-21-27-47(40,41)11)23-24-38-31-39(52-54(12,13)45(5,6)7)32-43(34(38)2)53-55(14,15)46(8,9)10/h23-24,35,39-43H,2,16-22,25-33H2,1,3-15H3/b37-23+,38-24-/t35-,39+,40+,41-,42?,43-,47+/m0/s1. The van der Waals surface area contributed by atoms with Crippen molar-refractivity contribution < 1.29 is 23.2 Å². The number of allylic oxidation sites excluding steroid dienone is 3. The van der Waals surface area contributed by atoms with Gasteiger partial charge in [-0.3, -0.25) is 9.59 Å². The Hall–Kier alpha value is -1.29. The summed E-state index contributed by atoms with van der Waals surface area (Å²) in [6.45, 7) is 36.6. The second-order valence-corrected chi connectivity index (χ2v) is 31.5. The predicted octanol–water partition coefficient (Wildman–Crippen LogP) is 13.9. The molecule has 0 aromatic rings. The Bertz CT molecular complexity index is 1420. The average molecular weight is 797 g/mol. The summed E-state index contributed by atoms with van der Waals surface area (Å²) < 4.78 is 20.3. The van der Waals surface area contributed by atoms with Gasteiger partial charge in [0, 0.05) is 25.2 Å². The van der Waals surface area contributed by atoms with E-state index < -0.39 is 16.6 Å². The third-order valence-electron chi connectivity index (χ3n) is 15.9. The number of carbonyl (C=O) groups is 2. The highest BCUT2D eigenvalue weighted by molar-refractivity contribution is 6.74. The number of ether oxygens (including phenoxy) is 1. The molecule has 4 aliphatic carbocycles. The summed E-state index contributed by atoms with van der Waals surface area (Å²) in [4.78, 5) is 26.4. The summed E-state index contributed by atoms with van der Waals surface area (Å²) in [5.41, 5.74) is 3.93. The lowest BCUT2D eigenvalue weighted by molar-refractivity contribution is -0.153. The van der Waals surface area contributed by atoms with Crippen LogP contribution in [0.4, 0.5) is 0 Å². The van der Waals surface area contributed by atoms with Crippen LogP contribution in [0.1, 0.15) is 172 Å². The zero-order chi connectivity index (χ0) is 41.2. The lowest BCUT2D eigenvalue weighted by atomic mass is 9.60. The van der Waals surface area contributed by atoms with Crippen LogP contribution in [0.2, 0.25) is 36.3 Å². The molecule has 4 saturated carbocycles. The van der Waals surface area contributed by atoms with Gasteiger partial charge in [-0.15, -0.1) is 0 Å².